The maximum absolute atomic E-state index is 12.3. The smallest absolute Gasteiger partial charge is 0.250 e. The Balaban J connectivity index is 1.40. The molecule has 3 rings (SSSR count). The summed E-state index contributed by atoms with van der Waals surface area (Å²) >= 11 is 0. The van der Waals surface area contributed by atoms with E-state index < -0.39 is 0 Å². The minimum atomic E-state index is -0.151. The van der Waals surface area contributed by atoms with E-state index in [1.54, 1.807) is 30.3 Å². The molecule has 1 fully saturated rings. The lowest BCUT2D eigenvalue weighted by atomic mass is 10.00. The van der Waals surface area contributed by atoms with Gasteiger partial charge < -0.3 is 9.47 Å². The van der Waals surface area contributed by atoms with Crippen LogP contribution in [0.2, 0.25) is 0 Å². The molecule has 2 N–H and O–H groups in total. The molecule has 0 spiro atoms. The number of amides is 1. The van der Waals surface area contributed by atoms with Gasteiger partial charge in [0.25, 0.3) is 5.56 Å². The second-order valence-electron chi connectivity index (χ2n) is 6.81. The zero-order valence-electron chi connectivity index (χ0n) is 15.1. The average molecular weight is 354 g/mol. The first-order valence-electron chi connectivity index (χ1n) is 9.09. The molecular formula is C20H26N4O2. The number of carbonyl (C=O) groups is 1. The summed E-state index contributed by atoms with van der Waals surface area (Å²) in [5.74, 6) is -0.0435. The van der Waals surface area contributed by atoms with Crippen molar-refractivity contribution in [3.05, 3.63) is 70.6 Å². The van der Waals surface area contributed by atoms with E-state index in [2.05, 4.69) is 35.1 Å². The van der Waals surface area contributed by atoms with Gasteiger partial charge in [-0.3, -0.25) is 20.4 Å². The highest BCUT2D eigenvalue weighted by molar-refractivity contribution is 5.75. The summed E-state index contributed by atoms with van der Waals surface area (Å²) in [5.41, 5.74) is 7.85. The molecule has 0 bridgehead atoms. The quantitative estimate of drug-likeness (QED) is 0.794. The third-order valence-corrected chi connectivity index (χ3v) is 4.86. The highest BCUT2D eigenvalue weighted by Gasteiger charge is 2.24. The van der Waals surface area contributed by atoms with E-state index in [-0.39, 0.29) is 18.0 Å². The third-order valence-electron chi connectivity index (χ3n) is 4.86. The maximum Gasteiger partial charge on any atom is 0.250 e. The fourth-order valence-electron chi connectivity index (χ4n) is 3.27. The van der Waals surface area contributed by atoms with Gasteiger partial charge in [0.05, 0.1) is 0 Å². The Morgan fingerprint density at radius 1 is 1.15 bits per heavy atom. The van der Waals surface area contributed by atoms with Crippen LogP contribution in [0.3, 0.4) is 0 Å². The summed E-state index contributed by atoms with van der Waals surface area (Å²) in [6.07, 6.45) is 4.61. The normalized spacial score (nSPS) is 19.4. The first-order chi connectivity index (χ1) is 12.6. The molecular weight excluding hydrogens is 328 g/mol. The average Bonchev–Trinajstić information content (AvgIpc) is 3.13. The number of likely N-dealkylation sites (N-methyl/N-ethyl adjacent to an activating group) is 1. The number of carbonyl (C=O) groups excluding carboxylic acids is 1. The van der Waals surface area contributed by atoms with Gasteiger partial charge in [0.2, 0.25) is 5.91 Å². The highest BCUT2D eigenvalue weighted by atomic mass is 16.2. The van der Waals surface area contributed by atoms with Crippen molar-refractivity contribution in [1.82, 2.24) is 20.3 Å². The summed E-state index contributed by atoms with van der Waals surface area (Å²) in [5, 5.41) is 0. The van der Waals surface area contributed by atoms with Gasteiger partial charge in [-0.15, -0.1) is 0 Å². The monoisotopic (exact) mass is 354 g/mol. The summed E-state index contributed by atoms with van der Waals surface area (Å²) in [7, 11) is 1.80. The van der Waals surface area contributed by atoms with Crippen molar-refractivity contribution in [3.8, 4) is 0 Å². The summed E-state index contributed by atoms with van der Waals surface area (Å²) in [4.78, 5) is 25.7. The van der Waals surface area contributed by atoms with Crippen molar-refractivity contribution in [2.75, 3.05) is 13.6 Å². The Kier molecular flexibility index (Phi) is 6.20. The molecule has 6 nitrogen and oxygen atoms in total. The summed E-state index contributed by atoms with van der Waals surface area (Å²) in [6.45, 7) is 0.782. The molecule has 1 amide bonds. The number of hydrogen-bond donors (Lipinski definition) is 2. The van der Waals surface area contributed by atoms with Crippen LogP contribution in [0.5, 0.6) is 0 Å². The predicted octanol–water partition coefficient (Wildman–Crippen LogP) is 1.69. The Hall–Kier alpha value is -2.44. The summed E-state index contributed by atoms with van der Waals surface area (Å²) < 4.78 is 1.44. The van der Waals surface area contributed by atoms with Gasteiger partial charge in [0.15, 0.2) is 0 Å². The lowest BCUT2D eigenvalue weighted by Crippen LogP contribution is -2.35. The third kappa shape index (κ3) is 4.80. The van der Waals surface area contributed by atoms with Crippen LogP contribution in [-0.4, -0.2) is 35.0 Å². The Bertz CT molecular complexity index is 775. The molecule has 138 valence electrons. The molecule has 2 aromatic rings. The number of rotatable bonds is 7. The molecule has 0 radical (unpaired) electrons. The molecule has 1 aromatic carbocycles. The zero-order chi connectivity index (χ0) is 18.4. The number of hydrazine groups is 1. The van der Waals surface area contributed by atoms with Crippen LogP contribution in [0.1, 0.15) is 30.9 Å². The van der Waals surface area contributed by atoms with Crippen LogP contribution in [0.4, 0.5) is 0 Å². The van der Waals surface area contributed by atoms with Crippen molar-refractivity contribution in [2.24, 2.45) is 0 Å². The Labute approximate surface area is 153 Å². The van der Waals surface area contributed by atoms with Crippen molar-refractivity contribution in [2.45, 2.75) is 37.9 Å². The number of pyridine rings is 1. The first-order valence-corrected chi connectivity index (χ1v) is 9.09. The van der Waals surface area contributed by atoms with Crippen molar-refractivity contribution in [1.29, 1.82) is 0 Å². The van der Waals surface area contributed by atoms with E-state index in [1.165, 1.54) is 16.2 Å². The SMILES string of the molecule is CN(CCCC1CC(c2ccccc2)NN1)C(=O)Cn1ccccc1=O. The number of aromatic nitrogens is 1. The molecule has 1 saturated heterocycles. The molecule has 0 saturated carbocycles. The zero-order valence-corrected chi connectivity index (χ0v) is 15.1. The maximum atomic E-state index is 12.3. The van der Waals surface area contributed by atoms with Crippen LogP contribution < -0.4 is 16.4 Å². The fraction of sp³-hybridized carbons (Fsp3) is 0.400. The van der Waals surface area contributed by atoms with Gasteiger partial charge >= 0.3 is 0 Å². The van der Waals surface area contributed by atoms with E-state index in [4.69, 9.17) is 0 Å². The number of hydrogen-bond acceptors (Lipinski definition) is 4. The minimum Gasteiger partial charge on any atom is -0.344 e. The predicted molar refractivity (Wildman–Crippen MR) is 101 cm³/mol. The van der Waals surface area contributed by atoms with Crippen LogP contribution in [0.25, 0.3) is 0 Å². The molecule has 2 atom stereocenters. The van der Waals surface area contributed by atoms with Crippen LogP contribution in [0.15, 0.2) is 59.5 Å². The first kappa shape index (κ1) is 18.4. The summed E-state index contributed by atoms with van der Waals surface area (Å²) in [6, 6.07) is 16.1. The standard InChI is InChI=1S/C20H26N4O2/c1-23(20(26)15-24-13-6-5-11-19(24)25)12-7-10-17-14-18(22-21-17)16-8-3-2-4-9-16/h2-6,8-9,11,13,17-18,21-22H,7,10,12,14-15H2,1H3. The molecule has 2 unspecified atom stereocenters. The van der Waals surface area contributed by atoms with Gasteiger partial charge in [-0.2, -0.15) is 0 Å². The van der Waals surface area contributed by atoms with Crippen LogP contribution >= 0.6 is 0 Å². The number of nitrogens with zero attached hydrogens (tertiary/aromatic N) is 2. The second-order valence-corrected chi connectivity index (χ2v) is 6.81. The van der Waals surface area contributed by atoms with E-state index in [0.717, 1.165) is 19.3 Å². The molecule has 0 aliphatic carbocycles. The van der Waals surface area contributed by atoms with E-state index in [0.29, 0.717) is 18.6 Å². The molecule has 1 aliphatic heterocycles. The van der Waals surface area contributed by atoms with E-state index >= 15 is 0 Å². The Morgan fingerprint density at radius 2 is 1.92 bits per heavy atom. The topological polar surface area (TPSA) is 66.4 Å². The van der Waals surface area contributed by atoms with Crippen molar-refractivity contribution >= 4 is 5.91 Å². The molecule has 2 heterocycles. The largest absolute Gasteiger partial charge is 0.344 e. The van der Waals surface area contributed by atoms with Gasteiger partial charge in [-0.25, -0.2) is 0 Å². The lowest BCUT2D eigenvalue weighted by molar-refractivity contribution is -0.130. The molecule has 26 heavy (non-hydrogen) atoms. The van der Waals surface area contributed by atoms with Crippen molar-refractivity contribution in [3.63, 3.8) is 0 Å². The molecule has 6 heteroatoms. The van der Waals surface area contributed by atoms with Gasteiger partial charge in [-0.05, 0) is 30.9 Å². The van der Waals surface area contributed by atoms with Crippen molar-refractivity contribution < 1.29 is 4.79 Å². The fourth-order valence-corrected chi connectivity index (χ4v) is 3.27. The Morgan fingerprint density at radius 3 is 2.69 bits per heavy atom. The number of nitrogens with one attached hydrogen (secondary N) is 2. The van der Waals surface area contributed by atoms with Gasteiger partial charge in [0.1, 0.15) is 6.54 Å². The van der Waals surface area contributed by atoms with E-state index in [9.17, 15) is 9.59 Å². The molecule has 1 aromatic heterocycles. The van der Waals surface area contributed by atoms with Crippen LogP contribution in [0, 0.1) is 0 Å². The lowest BCUT2D eigenvalue weighted by Gasteiger charge is -2.19. The van der Waals surface area contributed by atoms with Crippen LogP contribution in [-0.2, 0) is 11.3 Å². The van der Waals surface area contributed by atoms with Gasteiger partial charge in [0, 0.05) is 37.9 Å². The second kappa shape index (κ2) is 8.78. The number of benzene rings is 1. The van der Waals surface area contributed by atoms with Gasteiger partial charge in [-0.1, -0.05) is 36.4 Å². The minimum absolute atomic E-state index is 0.0435. The highest BCUT2D eigenvalue weighted by Crippen LogP contribution is 2.23. The van der Waals surface area contributed by atoms with E-state index in [1.807, 2.05) is 6.07 Å². The molecule has 1 aliphatic rings.